The number of anilines is 1. The van der Waals surface area contributed by atoms with Crippen LogP contribution >= 0.6 is 0 Å². The number of nitrogens with zero attached hydrogens (tertiary/aromatic N) is 1. The first kappa shape index (κ1) is 8.92. The SMILES string of the molecule is NCc1ccccc1N1CC2CC2C1=O. The number of nitrogens with two attached hydrogens (primary N) is 1. The van der Waals surface area contributed by atoms with Gasteiger partial charge in [-0.3, -0.25) is 4.79 Å². The summed E-state index contributed by atoms with van der Waals surface area (Å²) < 4.78 is 0. The van der Waals surface area contributed by atoms with Gasteiger partial charge in [0.25, 0.3) is 0 Å². The molecule has 0 spiro atoms. The first-order valence-corrected chi connectivity index (χ1v) is 5.40. The molecule has 1 aliphatic heterocycles. The maximum atomic E-state index is 11.9. The van der Waals surface area contributed by atoms with Gasteiger partial charge in [0.05, 0.1) is 0 Å². The summed E-state index contributed by atoms with van der Waals surface area (Å²) in [5, 5.41) is 0. The van der Waals surface area contributed by atoms with Crippen LogP contribution in [0, 0.1) is 11.8 Å². The molecule has 2 atom stereocenters. The van der Waals surface area contributed by atoms with Crippen LogP contribution in [0.25, 0.3) is 0 Å². The Morgan fingerprint density at radius 2 is 2.20 bits per heavy atom. The highest BCUT2D eigenvalue weighted by molar-refractivity contribution is 6.00. The summed E-state index contributed by atoms with van der Waals surface area (Å²) in [4.78, 5) is 13.8. The highest BCUT2D eigenvalue weighted by Gasteiger charge is 2.52. The molecule has 1 aromatic carbocycles. The van der Waals surface area contributed by atoms with Crippen molar-refractivity contribution in [2.75, 3.05) is 11.4 Å². The Morgan fingerprint density at radius 3 is 2.87 bits per heavy atom. The van der Waals surface area contributed by atoms with Gasteiger partial charge in [-0.2, -0.15) is 0 Å². The Labute approximate surface area is 88.9 Å². The lowest BCUT2D eigenvalue weighted by atomic mass is 10.1. The molecule has 1 aromatic rings. The summed E-state index contributed by atoms with van der Waals surface area (Å²) in [5.74, 6) is 1.22. The van der Waals surface area contributed by atoms with Crippen LogP contribution in [0.1, 0.15) is 12.0 Å². The molecule has 3 heteroatoms. The van der Waals surface area contributed by atoms with Gasteiger partial charge in [-0.1, -0.05) is 18.2 Å². The standard InChI is InChI=1S/C12H14N2O/c13-6-8-3-1-2-4-11(8)14-7-9-5-10(9)12(14)15/h1-4,9-10H,5-7,13H2. The van der Waals surface area contributed by atoms with Gasteiger partial charge in [0.1, 0.15) is 0 Å². The number of carbonyl (C=O) groups excluding carboxylic acids is 1. The second kappa shape index (κ2) is 3.07. The number of benzene rings is 1. The van der Waals surface area contributed by atoms with Crippen LogP contribution in [0.2, 0.25) is 0 Å². The Bertz CT molecular complexity index is 416. The fourth-order valence-electron chi connectivity index (χ4n) is 2.44. The third-order valence-electron chi connectivity index (χ3n) is 3.43. The van der Waals surface area contributed by atoms with Gasteiger partial charge < -0.3 is 10.6 Å². The molecule has 1 aliphatic carbocycles. The van der Waals surface area contributed by atoms with E-state index in [2.05, 4.69) is 0 Å². The summed E-state index contributed by atoms with van der Waals surface area (Å²) in [5.41, 5.74) is 7.75. The van der Waals surface area contributed by atoms with Crippen molar-refractivity contribution in [1.82, 2.24) is 0 Å². The molecular weight excluding hydrogens is 188 g/mol. The Kier molecular flexibility index (Phi) is 1.83. The lowest BCUT2D eigenvalue weighted by Gasteiger charge is -2.21. The summed E-state index contributed by atoms with van der Waals surface area (Å²) >= 11 is 0. The highest BCUT2D eigenvalue weighted by atomic mass is 16.2. The molecule has 1 saturated heterocycles. The minimum atomic E-state index is 0.293. The van der Waals surface area contributed by atoms with Crippen molar-refractivity contribution in [1.29, 1.82) is 0 Å². The van der Waals surface area contributed by atoms with Crippen LogP contribution in [0.15, 0.2) is 24.3 Å². The van der Waals surface area contributed by atoms with Crippen LogP contribution in [0.4, 0.5) is 5.69 Å². The summed E-state index contributed by atoms with van der Waals surface area (Å²) in [7, 11) is 0. The Hall–Kier alpha value is -1.35. The van der Waals surface area contributed by atoms with E-state index in [0.717, 1.165) is 24.2 Å². The van der Waals surface area contributed by atoms with Crippen LogP contribution in [0.3, 0.4) is 0 Å². The fourth-order valence-corrected chi connectivity index (χ4v) is 2.44. The van der Waals surface area contributed by atoms with Crippen molar-refractivity contribution in [3.05, 3.63) is 29.8 Å². The molecule has 2 aliphatic rings. The molecule has 3 nitrogen and oxygen atoms in total. The predicted octanol–water partition coefficient (Wildman–Crippen LogP) is 1.13. The average Bonchev–Trinajstić information content (AvgIpc) is 2.98. The Balaban J connectivity index is 1.95. The van der Waals surface area contributed by atoms with Gasteiger partial charge >= 0.3 is 0 Å². The van der Waals surface area contributed by atoms with Crippen LogP contribution in [-0.4, -0.2) is 12.5 Å². The summed E-state index contributed by atoms with van der Waals surface area (Å²) in [6, 6.07) is 7.91. The lowest BCUT2D eigenvalue weighted by Crippen LogP contribution is -2.29. The number of amides is 1. The van der Waals surface area contributed by atoms with E-state index < -0.39 is 0 Å². The van der Waals surface area contributed by atoms with Crippen molar-refractivity contribution in [3.63, 3.8) is 0 Å². The molecule has 1 heterocycles. The van der Waals surface area contributed by atoms with Crippen molar-refractivity contribution >= 4 is 11.6 Å². The van der Waals surface area contributed by atoms with E-state index in [1.807, 2.05) is 29.2 Å². The van der Waals surface area contributed by atoms with Gasteiger partial charge in [-0.05, 0) is 24.0 Å². The van der Waals surface area contributed by atoms with E-state index in [9.17, 15) is 4.79 Å². The largest absolute Gasteiger partial charge is 0.326 e. The molecule has 2 N–H and O–H groups in total. The zero-order valence-electron chi connectivity index (χ0n) is 8.52. The first-order chi connectivity index (χ1) is 7.31. The zero-order valence-corrected chi connectivity index (χ0v) is 8.52. The van der Waals surface area contributed by atoms with Gasteiger partial charge in [-0.25, -0.2) is 0 Å². The summed E-state index contributed by atoms with van der Waals surface area (Å²) in [6.45, 7) is 1.38. The van der Waals surface area contributed by atoms with Gasteiger partial charge in [-0.15, -0.1) is 0 Å². The topological polar surface area (TPSA) is 46.3 Å². The van der Waals surface area contributed by atoms with E-state index in [0.29, 0.717) is 24.3 Å². The first-order valence-electron chi connectivity index (χ1n) is 5.40. The van der Waals surface area contributed by atoms with E-state index >= 15 is 0 Å². The normalized spacial score (nSPS) is 28.1. The molecular formula is C12H14N2O. The van der Waals surface area contributed by atoms with Crippen molar-refractivity contribution in [2.45, 2.75) is 13.0 Å². The Morgan fingerprint density at radius 1 is 1.40 bits per heavy atom. The number of hydrogen-bond donors (Lipinski definition) is 1. The van der Waals surface area contributed by atoms with Gasteiger partial charge in [0.2, 0.25) is 5.91 Å². The third-order valence-corrected chi connectivity index (χ3v) is 3.43. The number of hydrogen-bond acceptors (Lipinski definition) is 2. The molecule has 0 aromatic heterocycles. The maximum Gasteiger partial charge on any atom is 0.230 e. The molecule has 15 heavy (non-hydrogen) atoms. The quantitative estimate of drug-likeness (QED) is 0.781. The number of piperidine rings is 1. The molecule has 0 bridgehead atoms. The van der Waals surface area contributed by atoms with Crippen molar-refractivity contribution in [2.24, 2.45) is 17.6 Å². The fraction of sp³-hybridized carbons (Fsp3) is 0.417. The zero-order chi connectivity index (χ0) is 10.4. The summed E-state index contributed by atoms with van der Waals surface area (Å²) in [6.07, 6.45) is 1.10. The molecule has 3 rings (SSSR count). The smallest absolute Gasteiger partial charge is 0.230 e. The van der Waals surface area contributed by atoms with Crippen LogP contribution in [0.5, 0.6) is 0 Å². The van der Waals surface area contributed by atoms with Gasteiger partial charge in [0, 0.05) is 24.7 Å². The van der Waals surface area contributed by atoms with Crippen LogP contribution in [-0.2, 0) is 11.3 Å². The van der Waals surface area contributed by atoms with E-state index in [-0.39, 0.29) is 0 Å². The average molecular weight is 202 g/mol. The third kappa shape index (κ3) is 1.27. The molecule has 2 fully saturated rings. The van der Waals surface area contributed by atoms with Crippen molar-refractivity contribution in [3.8, 4) is 0 Å². The molecule has 1 amide bonds. The number of rotatable bonds is 2. The minimum absolute atomic E-state index is 0.293. The van der Waals surface area contributed by atoms with Crippen molar-refractivity contribution < 1.29 is 4.79 Å². The molecule has 0 radical (unpaired) electrons. The van der Waals surface area contributed by atoms with E-state index in [1.54, 1.807) is 0 Å². The van der Waals surface area contributed by atoms with E-state index in [1.165, 1.54) is 0 Å². The monoisotopic (exact) mass is 202 g/mol. The lowest BCUT2D eigenvalue weighted by molar-refractivity contribution is -0.118. The predicted molar refractivity (Wildman–Crippen MR) is 58.3 cm³/mol. The molecule has 78 valence electrons. The van der Waals surface area contributed by atoms with E-state index in [4.69, 9.17) is 5.73 Å². The minimum Gasteiger partial charge on any atom is -0.326 e. The second-order valence-electron chi connectivity index (χ2n) is 4.38. The number of para-hydroxylation sites is 1. The highest BCUT2D eigenvalue weighted by Crippen LogP contribution is 2.47. The second-order valence-corrected chi connectivity index (χ2v) is 4.38. The molecule has 1 saturated carbocycles. The van der Waals surface area contributed by atoms with Gasteiger partial charge in [0.15, 0.2) is 0 Å². The van der Waals surface area contributed by atoms with Crippen LogP contribution < -0.4 is 10.6 Å². The number of carbonyl (C=O) groups is 1. The maximum absolute atomic E-state index is 11.9. The number of fused-ring (bicyclic) bond motifs is 1. The molecule has 2 unspecified atom stereocenters.